The Morgan fingerprint density at radius 2 is 1.89 bits per heavy atom. The number of benzene rings is 1. The van der Waals surface area contributed by atoms with Crippen LogP contribution in [0, 0.1) is 0 Å². The maximum absolute atomic E-state index is 11.5. The minimum atomic E-state index is -0.242. The minimum Gasteiger partial charge on any atom is -0.294 e. The van der Waals surface area contributed by atoms with Crippen LogP contribution in [0.1, 0.15) is 11.1 Å². The molecule has 0 unspecified atom stereocenters. The van der Waals surface area contributed by atoms with Gasteiger partial charge in [0.05, 0.1) is 13.0 Å². The van der Waals surface area contributed by atoms with E-state index in [1.54, 1.807) is 12.3 Å². The second-order valence-electron chi connectivity index (χ2n) is 4.08. The van der Waals surface area contributed by atoms with Crippen LogP contribution in [0.25, 0.3) is 0 Å². The van der Waals surface area contributed by atoms with Gasteiger partial charge in [0.1, 0.15) is 0 Å². The van der Waals surface area contributed by atoms with Crippen LogP contribution in [0.3, 0.4) is 0 Å². The van der Waals surface area contributed by atoms with Gasteiger partial charge in [-0.25, -0.2) is 10.5 Å². The number of carbonyl (C=O) groups is 1. The molecule has 0 atom stereocenters. The summed E-state index contributed by atoms with van der Waals surface area (Å²) in [6.07, 6.45) is 1.81. The molecule has 1 aromatic carbocycles. The van der Waals surface area contributed by atoms with E-state index in [1.165, 1.54) is 10.7 Å². The first-order chi connectivity index (χ1) is 9.19. The van der Waals surface area contributed by atoms with Crippen LogP contribution in [0.5, 0.6) is 0 Å². The Balaban J connectivity index is 2.09. The zero-order valence-corrected chi connectivity index (χ0v) is 10.2. The summed E-state index contributed by atoms with van der Waals surface area (Å²) in [5.41, 5.74) is 3.74. The van der Waals surface area contributed by atoms with Gasteiger partial charge in [0.25, 0.3) is 5.56 Å². The Kier molecular flexibility index (Phi) is 4.04. The van der Waals surface area contributed by atoms with E-state index in [-0.39, 0.29) is 17.9 Å². The molecule has 0 radical (unpaired) electrons. The molecule has 0 spiro atoms. The molecule has 2 rings (SSSR count). The van der Waals surface area contributed by atoms with Crippen LogP contribution in [0.15, 0.2) is 47.4 Å². The van der Waals surface area contributed by atoms with Crippen LogP contribution in [-0.2, 0) is 17.8 Å². The van der Waals surface area contributed by atoms with Crippen molar-refractivity contribution in [3.8, 4) is 0 Å². The maximum atomic E-state index is 11.5. The highest BCUT2D eigenvalue weighted by molar-refractivity contribution is 5.77. The fourth-order valence-electron chi connectivity index (χ4n) is 1.68. The fourth-order valence-corrected chi connectivity index (χ4v) is 1.68. The number of aromatic nitrogens is 2. The van der Waals surface area contributed by atoms with Crippen molar-refractivity contribution in [2.75, 3.05) is 0 Å². The summed E-state index contributed by atoms with van der Waals surface area (Å²) in [6, 6.07) is 10.5. The number of nitrogens with two attached hydrogens (primary N) is 1. The Morgan fingerprint density at radius 1 is 1.21 bits per heavy atom. The average Bonchev–Trinajstić information content (AvgIpc) is 2.43. The van der Waals surface area contributed by atoms with Gasteiger partial charge in [-0.3, -0.25) is 15.0 Å². The molecule has 1 amide bonds. The molecule has 1 heterocycles. The third kappa shape index (κ3) is 3.49. The predicted octanol–water partition coefficient (Wildman–Crippen LogP) is -0.176. The van der Waals surface area contributed by atoms with Gasteiger partial charge in [-0.2, -0.15) is 5.10 Å². The molecule has 3 N–H and O–H groups in total. The van der Waals surface area contributed by atoms with Crippen molar-refractivity contribution < 1.29 is 4.79 Å². The van der Waals surface area contributed by atoms with Crippen LogP contribution in [0.2, 0.25) is 0 Å². The third-order valence-electron chi connectivity index (χ3n) is 2.67. The van der Waals surface area contributed by atoms with Crippen molar-refractivity contribution in [1.29, 1.82) is 0 Å². The van der Waals surface area contributed by atoms with Gasteiger partial charge < -0.3 is 0 Å². The monoisotopic (exact) mass is 258 g/mol. The van der Waals surface area contributed by atoms with Crippen LogP contribution in [-0.4, -0.2) is 15.7 Å². The Hall–Kier alpha value is -2.47. The quantitative estimate of drug-likeness (QED) is 0.452. The summed E-state index contributed by atoms with van der Waals surface area (Å²) in [5.74, 6) is 4.78. The molecule has 0 bridgehead atoms. The zero-order chi connectivity index (χ0) is 13.7. The summed E-state index contributed by atoms with van der Waals surface area (Å²) in [6.45, 7) is 0.406. The van der Waals surface area contributed by atoms with Crippen LogP contribution < -0.4 is 16.8 Å². The van der Waals surface area contributed by atoms with Crippen molar-refractivity contribution in [2.24, 2.45) is 5.84 Å². The van der Waals surface area contributed by atoms with Gasteiger partial charge in [-0.1, -0.05) is 24.3 Å². The van der Waals surface area contributed by atoms with Crippen molar-refractivity contribution in [2.45, 2.75) is 13.0 Å². The van der Waals surface area contributed by atoms with E-state index in [2.05, 4.69) is 10.5 Å². The van der Waals surface area contributed by atoms with Gasteiger partial charge in [-0.05, 0) is 17.2 Å². The molecular formula is C13H14N4O2. The van der Waals surface area contributed by atoms with Crippen molar-refractivity contribution in [3.63, 3.8) is 0 Å². The molecule has 6 heteroatoms. The Labute approximate surface area is 109 Å². The summed E-state index contributed by atoms with van der Waals surface area (Å²) < 4.78 is 1.38. The van der Waals surface area contributed by atoms with E-state index >= 15 is 0 Å². The lowest BCUT2D eigenvalue weighted by Gasteiger charge is -2.05. The smallest absolute Gasteiger partial charge is 0.267 e. The summed E-state index contributed by atoms with van der Waals surface area (Å²) >= 11 is 0. The second kappa shape index (κ2) is 5.92. The maximum Gasteiger partial charge on any atom is 0.267 e. The summed E-state index contributed by atoms with van der Waals surface area (Å²) in [5, 5.41) is 3.98. The number of hydrogen-bond acceptors (Lipinski definition) is 4. The molecule has 0 saturated carbocycles. The normalized spacial score (nSPS) is 10.2. The Morgan fingerprint density at radius 3 is 2.53 bits per heavy atom. The highest BCUT2D eigenvalue weighted by Gasteiger charge is 2.02. The average molecular weight is 258 g/mol. The number of nitrogens with one attached hydrogen (secondary N) is 1. The highest BCUT2D eigenvalue weighted by Crippen LogP contribution is 2.05. The number of hydrogen-bond donors (Lipinski definition) is 2. The Bertz CT molecular complexity index is 619. The summed E-state index contributed by atoms with van der Waals surface area (Å²) in [7, 11) is 0. The largest absolute Gasteiger partial charge is 0.294 e. The molecule has 0 saturated heterocycles. The molecule has 2 aromatic rings. The zero-order valence-electron chi connectivity index (χ0n) is 10.2. The highest BCUT2D eigenvalue weighted by atomic mass is 16.2. The lowest BCUT2D eigenvalue weighted by atomic mass is 10.1. The molecule has 0 aliphatic carbocycles. The number of carbonyl (C=O) groups excluding carboxylic acids is 1. The molecule has 0 aliphatic heterocycles. The van der Waals surface area contributed by atoms with E-state index in [0.717, 1.165) is 11.1 Å². The van der Waals surface area contributed by atoms with Crippen molar-refractivity contribution >= 4 is 5.91 Å². The molecule has 1 aromatic heterocycles. The number of amides is 1. The second-order valence-corrected chi connectivity index (χ2v) is 4.08. The van der Waals surface area contributed by atoms with Crippen LogP contribution in [0.4, 0.5) is 0 Å². The fraction of sp³-hybridized carbons (Fsp3) is 0.154. The first-order valence-corrected chi connectivity index (χ1v) is 5.78. The molecular weight excluding hydrogens is 244 g/mol. The minimum absolute atomic E-state index is 0.144. The van der Waals surface area contributed by atoms with Gasteiger partial charge in [0, 0.05) is 12.3 Å². The third-order valence-corrected chi connectivity index (χ3v) is 2.67. The lowest BCUT2D eigenvalue weighted by molar-refractivity contribution is -0.120. The van der Waals surface area contributed by atoms with Gasteiger partial charge >= 0.3 is 0 Å². The molecule has 19 heavy (non-hydrogen) atoms. The number of hydrazine groups is 1. The van der Waals surface area contributed by atoms with E-state index in [4.69, 9.17) is 5.84 Å². The van der Waals surface area contributed by atoms with E-state index in [1.807, 2.05) is 24.3 Å². The van der Waals surface area contributed by atoms with Crippen molar-refractivity contribution in [1.82, 2.24) is 15.2 Å². The predicted molar refractivity (Wildman–Crippen MR) is 70.1 cm³/mol. The van der Waals surface area contributed by atoms with E-state index in [0.29, 0.717) is 6.54 Å². The molecule has 6 nitrogen and oxygen atoms in total. The standard InChI is InChI=1S/C13H14N4O2/c14-16-12(18)8-10-3-5-11(6-4-10)9-17-13(19)2-1-7-15-17/h1-7H,8-9,14H2,(H,16,18). The van der Waals surface area contributed by atoms with Gasteiger partial charge in [-0.15, -0.1) is 0 Å². The van der Waals surface area contributed by atoms with Gasteiger partial charge in [0.15, 0.2) is 0 Å². The number of rotatable bonds is 4. The van der Waals surface area contributed by atoms with E-state index in [9.17, 15) is 9.59 Å². The van der Waals surface area contributed by atoms with E-state index < -0.39 is 0 Å². The summed E-state index contributed by atoms with van der Waals surface area (Å²) in [4.78, 5) is 22.6. The molecule has 0 fully saturated rings. The first kappa shape index (κ1) is 13.0. The topological polar surface area (TPSA) is 90.0 Å². The van der Waals surface area contributed by atoms with Gasteiger partial charge in [0.2, 0.25) is 5.91 Å². The lowest BCUT2D eigenvalue weighted by Crippen LogP contribution is -2.31. The molecule has 98 valence electrons. The number of nitrogens with zero attached hydrogens (tertiary/aromatic N) is 2. The SMILES string of the molecule is NNC(=O)Cc1ccc(Cn2ncccc2=O)cc1. The molecule has 0 aliphatic rings. The first-order valence-electron chi connectivity index (χ1n) is 5.78. The van der Waals surface area contributed by atoms with Crippen LogP contribution >= 0.6 is 0 Å². The van der Waals surface area contributed by atoms with Crippen molar-refractivity contribution in [3.05, 3.63) is 64.1 Å².